The summed E-state index contributed by atoms with van der Waals surface area (Å²) in [7, 11) is 0. The summed E-state index contributed by atoms with van der Waals surface area (Å²) in [6.45, 7) is 2.56. The van der Waals surface area contributed by atoms with Gasteiger partial charge in [0.25, 0.3) is 5.91 Å². The molecule has 0 radical (unpaired) electrons. The van der Waals surface area contributed by atoms with Crippen molar-refractivity contribution in [1.82, 2.24) is 9.88 Å². The van der Waals surface area contributed by atoms with Gasteiger partial charge in [0.2, 0.25) is 0 Å². The molecule has 1 heterocycles. The summed E-state index contributed by atoms with van der Waals surface area (Å²) in [6, 6.07) is 1.48. The molecule has 3 N–H and O–H groups in total. The molecule has 88 valence electrons. The Kier molecular flexibility index (Phi) is 4.52. The number of halogens is 1. The van der Waals surface area contributed by atoms with Crippen LogP contribution in [0.1, 0.15) is 17.3 Å². The average molecular weight is 244 g/mol. The van der Waals surface area contributed by atoms with Crippen molar-refractivity contribution in [1.29, 1.82) is 0 Å². The molecule has 0 bridgehead atoms. The molecule has 0 aromatic carbocycles. The van der Waals surface area contributed by atoms with E-state index in [4.69, 9.17) is 22.4 Å². The number of nitrogens with two attached hydrogens (primary N) is 1. The first-order valence-corrected chi connectivity index (χ1v) is 5.29. The molecule has 0 spiro atoms. The van der Waals surface area contributed by atoms with E-state index in [2.05, 4.69) is 4.98 Å². The lowest BCUT2D eigenvalue weighted by atomic mass is 10.2. The first-order valence-electron chi connectivity index (χ1n) is 4.91. The standard InChI is InChI=1S/C10H14ClN3O2/c1-2-14(3-4-15)10(16)7-5-8(11)9(12)13-6-7/h5-6,15H,2-4H2,1H3,(H2,12,13). The highest BCUT2D eigenvalue weighted by molar-refractivity contribution is 6.33. The van der Waals surface area contributed by atoms with Crippen molar-refractivity contribution in [2.75, 3.05) is 25.4 Å². The maximum Gasteiger partial charge on any atom is 0.255 e. The van der Waals surface area contributed by atoms with Crippen LogP contribution in [0.4, 0.5) is 5.82 Å². The van der Waals surface area contributed by atoms with Crippen molar-refractivity contribution < 1.29 is 9.90 Å². The Bertz CT molecular complexity index is 384. The van der Waals surface area contributed by atoms with Gasteiger partial charge in [0.1, 0.15) is 5.82 Å². The summed E-state index contributed by atoms with van der Waals surface area (Å²) < 4.78 is 0. The Morgan fingerprint density at radius 3 is 2.88 bits per heavy atom. The molecule has 5 nitrogen and oxygen atoms in total. The van der Waals surface area contributed by atoms with Crippen molar-refractivity contribution in [2.45, 2.75) is 6.92 Å². The highest BCUT2D eigenvalue weighted by atomic mass is 35.5. The molecular formula is C10H14ClN3O2. The van der Waals surface area contributed by atoms with Crippen LogP contribution in [-0.4, -0.2) is 40.6 Å². The summed E-state index contributed by atoms with van der Waals surface area (Å²) in [5.41, 5.74) is 5.82. The third-order valence-electron chi connectivity index (χ3n) is 2.16. The van der Waals surface area contributed by atoms with E-state index in [1.54, 1.807) is 0 Å². The zero-order valence-corrected chi connectivity index (χ0v) is 9.74. The highest BCUT2D eigenvalue weighted by Gasteiger charge is 2.14. The van der Waals surface area contributed by atoms with Gasteiger partial charge >= 0.3 is 0 Å². The van der Waals surface area contributed by atoms with E-state index in [1.165, 1.54) is 17.2 Å². The van der Waals surface area contributed by atoms with E-state index in [0.717, 1.165) is 0 Å². The van der Waals surface area contributed by atoms with Crippen molar-refractivity contribution in [3.05, 3.63) is 22.8 Å². The van der Waals surface area contributed by atoms with Gasteiger partial charge in [0.05, 0.1) is 17.2 Å². The van der Waals surface area contributed by atoms with Gasteiger partial charge < -0.3 is 15.7 Å². The molecule has 1 aromatic rings. The molecule has 16 heavy (non-hydrogen) atoms. The van der Waals surface area contributed by atoms with Crippen LogP contribution >= 0.6 is 11.6 Å². The van der Waals surface area contributed by atoms with Crippen LogP contribution in [0.25, 0.3) is 0 Å². The minimum absolute atomic E-state index is 0.0737. The van der Waals surface area contributed by atoms with Crippen LogP contribution in [0.2, 0.25) is 5.02 Å². The molecule has 6 heteroatoms. The maximum absolute atomic E-state index is 11.9. The molecule has 0 atom stereocenters. The number of aliphatic hydroxyl groups excluding tert-OH is 1. The number of hydrogen-bond donors (Lipinski definition) is 2. The molecule has 1 rings (SSSR count). The van der Waals surface area contributed by atoms with Crippen LogP contribution in [0, 0.1) is 0 Å². The number of pyridine rings is 1. The van der Waals surface area contributed by atoms with Crippen molar-refractivity contribution in [3.63, 3.8) is 0 Å². The van der Waals surface area contributed by atoms with Crippen LogP contribution < -0.4 is 5.73 Å². The largest absolute Gasteiger partial charge is 0.395 e. The third kappa shape index (κ3) is 2.84. The summed E-state index contributed by atoms with van der Waals surface area (Å²) >= 11 is 5.78. The average Bonchev–Trinajstić information content (AvgIpc) is 2.28. The van der Waals surface area contributed by atoms with Gasteiger partial charge in [-0.15, -0.1) is 0 Å². The molecular weight excluding hydrogens is 230 g/mol. The van der Waals surface area contributed by atoms with E-state index in [1.807, 2.05) is 6.92 Å². The number of likely N-dealkylation sites (N-methyl/N-ethyl adjacent to an activating group) is 1. The summed E-state index contributed by atoms with van der Waals surface area (Å²) in [6.07, 6.45) is 1.38. The van der Waals surface area contributed by atoms with E-state index < -0.39 is 0 Å². The summed E-state index contributed by atoms with van der Waals surface area (Å²) in [5, 5.41) is 9.06. The molecule has 0 unspecified atom stereocenters. The maximum atomic E-state index is 11.9. The summed E-state index contributed by atoms with van der Waals surface area (Å²) in [5.74, 6) is -0.0191. The van der Waals surface area contributed by atoms with Crippen molar-refractivity contribution >= 4 is 23.3 Å². The smallest absolute Gasteiger partial charge is 0.255 e. The third-order valence-corrected chi connectivity index (χ3v) is 2.46. The van der Waals surface area contributed by atoms with Gasteiger partial charge in [-0.25, -0.2) is 4.98 Å². The van der Waals surface area contributed by atoms with Crippen LogP contribution in [0.15, 0.2) is 12.3 Å². The fourth-order valence-corrected chi connectivity index (χ4v) is 1.44. The zero-order chi connectivity index (χ0) is 12.1. The number of amides is 1. The molecule has 0 saturated carbocycles. The van der Waals surface area contributed by atoms with Gasteiger partial charge in [-0.3, -0.25) is 4.79 Å². The number of aromatic nitrogens is 1. The van der Waals surface area contributed by atoms with Gasteiger partial charge in [-0.2, -0.15) is 0 Å². The normalized spacial score (nSPS) is 10.2. The number of nitrogen functional groups attached to an aromatic ring is 1. The minimum atomic E-state index is -0.217. The number of carbonyl (C=O) groups is 1. The molecule has 1 amide bonds. The Morgan fingerprint density at radius 2 is 2.38 bits per heavy atom. The zero-order valence-electron chi connectivity index (χ0n) is 8.98. The molecule has 1 aromatic heterocycles. The number of rotatable bonds is 4. The van der Waals surface area contributed by atoms with Crippen molar-refractivity contribution in [3.8, 4) is 0 Å². The minimum Gasteiger partial charge on any atom is -0.395 e. The fourth-order valence-electron chi connectivity index (χ4n) is 1.27. The number of aliphatic hydroxyl groups is 1. The first kappa shape index (κ1) is 12.7. The van der Waals surface area contributed by atoms with E-state index >= 15 is 0 Å². The summed E-state index contributed by atoms with van der Waals surface area (Å²) in [4.78, 5) is 17.2. The number of nitrogens with zero attached hydrogens (tertiary/aromatic N) is 2. The van der Waals surface area contributed by atoms with Crippen LogP contribution in [0.5, 0.6) is 0 Å². The molecule has 0 aliphatic rings. The van der Waals surface area contributed by atoms with Gasteiger partial charge in [-0.05, 0) is 13.0 Å². The lowest BCUT2D eigenvalue weighted by Crippen LogP contribution is -2.33. The lowest BCUT2D eigenvalue weighted by Gasteiger charge is -2.19. The van der Waals surface area contributed by atoms with Crippen molar-refractivity contribution in [2.24, 2.45) is 0 Å². The Morgan fingerprint density at radius 1 is 1.69 bits per heavy atom. The first-order chi connectivity index (χ1) is 7.60. The van der Waals surface area contributed by atoms with Gasteiger partial charge in [0.15, 0.2) is 0 Å². The quantitative estimate of drug-likeness (QED) is 0.819. The van der Waals surface area contributed by atoms with Gasteiger partial charge in [0, 0.05) is 19.3 Å². The highest BCUT2D eigenvalue weighted by Crippen LogP contribution is 2.17. The molecule has 0 aliphatic carbocycles. The predicted octanol–water partition coefficient (Wildman–Crippen LogP) is 0.772. The van der Waals surface area contributed by atoms with E-state index in [0.29, 0.717) is 12.1 Å². The second kappa shape index (κ2) is 5.67. The topological polar surface area (TPSA) is 79.5 Å². The second-order valence-electron chi connectivity index (χ2n) is 3.20. The Hall–Kier alpha value is -1.33. The predicted molar refractivity (Wildman–Crippen MR) is 62.3 cm³/mol. The number of hydrogen-bond acceptors (Lipinski definition) is 4. The number of anilines is 1. The lowest BCUT2D eigenvalue weighted by molar-refractivity contribution is 0.0731. The Balaban J connectivity index is 2.90. The molecule has 0 fully saturated rings. The van der Waals surface area contributed by atoms with E-state index in [9.17, 15) is 4.79 Å². The van der Waals surface area contributed by atoms with Gasteiger partial charge in [-0.1, -0.05) is 11.6 Å². The fraction of sp³-hybridized carbons (Fsp3) is 0.400. The SMILES string of the molecule is CCN(CCO)C(=O)c1cnc(N)c(Cl)c1. The number of carbonyl (C=O) groups excluding carboxylic acids is 1. The Labute approximate surface area is 98.8 Å². The second-order valence-corrected chi connectivity index (χ2v) is 3.61. The monoisotopic (exact) mass is 243 g/mol. The van der Waals surface area contributed by atoms with Crippen LogP contribution in [0.3, 0.4) is 0 Å². The molecule has 0 saturated heterocycles. The molecule has 0 aliphatic heterocycles. The van der Waals surface area contributed by atoms with Crippen LogP contribution in [-0.2, 0) is 0 Å². The van der Waals surface area contributed by atoms with E-state index in [-0.39, 0.29) is 29.9 Å².